The molecule has 1 N–H and O–H groups in total. The van der Waals surface area contributed by atoms with Gasteiger partial charge >= 0.3 is 0 Å². The fourth-order valence-electron chi connectivity index (χ4n) is 2.00. The number of hydrogen-bond acceptors (Lipinski definition) is 4. The van der Waals surface area contributed by atoms with Crippen molar-refractivity contribution in [3.05, 3.63) is 28.2 Å². The first kappa shape index (κ1) is 14.9. The highest BCUT2D eigenvalue weighted by atomic mass is 79.9. The van der Waals surface area contributed by atoms with E-state index in [-0.39, 0.29) is 17.5 Å². The molecule has 1 aromatic rings. The number of rotatable bonds is 4. The van der Waals surface area contributed by atoms with E-state index < -0.39 is 10.0 Å². The van der Waals surface area contributed by atoms with Gasteiger partial charge in [0.05, 0.1) is 24.2 Å². The van der Waals surface area contributed by atoms with Gasteiger partial charge in [0.2, 0.25) is 10.0 Å². The van der Waals surface area contributed by atoms with E-state index in [0.717, 1.165) is 0 Å². The number of benzene rings is 1. The van der Waals surface area contributed by atoms with E-state index in [1.54, 1.807) is 19.2 Å². The number of likely N-dealkylation sites (N-methyl/N-ethyl adjacent to an activating group) is 1. The fraction of sp³-hybridized carbons (Fsp3) is 0.500. The van der Waals surface area contributed by atoms with Crippen LogP contribution in [-0.2, 0) is 21.4 Å². The predicted octanol–water partition coefficient (Wildman–Crippen LogP) is 1.35. The van der Waals surface area contributed by atoms with Crippen LogP contribution in [0.3, 0.4) is 0 Å². The quantitative estimate of drug-likeness (QED) is 0.890. The molecule has 1 fully saturated rings. The van der Waals surface area contributed by atoms with E-state index in [0.29, 0.717) is 29.7 Å². The molecule has 1 saturated heterocycles. The molecule has 0 bridgehead atoms. The Morgan fingerprint density at radius 1 is 1.53 bits per heavy atom. The summed E-state index contributed by atoms with van der Waals surface area (Å²) in [6.07, 6.45) is 0.701. The normalized spacial score (nSPS) is 20.1. The number of ether oxygens (including phenoxy) is 1. The lowest BCUT2D eigenvalue weighted by Crippen LogP contribution is -2.37. The van der Waals surface area contributed by atoms with Crippen molar-refractivity contribution < 1.29 is 18.3 Å². The molecule has 19 heavy (non-hydrogen) atoms. The van der Waals surface area contributed by atoms with Gasteiger partial charge in [-0.15, -0.1) is 0 Å². The summed E-state index contributed by atoms with van der Waals surface area (Å²) in [4.78, 5) is 0.174. The Hall–Kier alpha value is -0.470. The molecule has 1 aliphatic heterocycles. The molecule has 5 nitrogen and oxygen atoms in total. The Labute approximate surface area is 121 Å². The summed E-state index contributed by atoms with van der Waals surface area (Å²) in [6, 6.07) is 4.68. The van der Waals surface area contributed by atoms with E-state index in [9.17, 15) is 8.42 Å². The van der Waals surface area contributed by atoms with Gasteiger partial charge in [0.15, 0.2) is 0 Å². The number of nitrogens with zero attached hydrogens (tertiary/aromatic N) is 1. The van der Waals surface area contributed by atoms with E-state index >= 15 is 0 Å². The van der Waals surface area contributed by atoms with Crippen molar-refractivity contribution in [3.8, 4) is 0 Å². The molecule has 106 valence electrons. The second-order valence-corrected chi connectivity index (χ2v) is 7.28. The molecule has 0 aromatic heterocycles. The van der Waals surface area contributed by atoms with Gasteiger partial charge in [-0.3, -0.25) is 0 Å². The third kappa shape index (κ3) is 3.00. The average Bonchev–Trinajstić information content (AvgIpc) is 2.92. The molecule has 0 spiro atoms. The number of aliphatic hydroxyl groups is 1. The van der Waals surface area contributed by atoms with Crippen molar-refractivity contribution in [2.24, 2.45) is 0 Å². The van der Waals surface area contributed by atoms with E-state index in [1.807, 2.05) is 0 Å². The lowest BCUT2D eigenvalue weighted by Gasteiger charge is -2.23. The van der Waals surface area contributed by atoms with Crippen LogP contribution in [0.4, 0.5) is 0 Å². The van der Waals surface area contributed by atoms with Crippen LogP contribution in [0.15, 0.2) is 27.6 Å². The molecule has 0 saturated carbocycles. The minimum atomic E-state index is -3.59. The Balaban J connectivity index is 2.38. The van der Waals surface area contributed by atoms with Gasteiger partial charge in [-0.2, -0.15) is 4.31 Å². The van der Waals surface area contributed by atoms with Crippen molar-refractivity contribution in [2.45, 2.75) is 24.0 Å². The van der Waals surface area contributed by atoms with Crippen LogP contribution < -0.4 is 0 Å². The number of sulfonamides is 1. The highest BCUT2D eigenvalue weighted by molar-refractivity contribution is 9.10. The second kappa shape index (κ2) is 5.88. The van der Waals surface area contributed by atoms with Crippen molar-refractivity contribution in [1.29, 1.82) is 0 Å². The van der Waals surface area contributed by atoms with Crippen molar-refractivity contribution in [3.63, 3.8) is 0 Å². The summed E-state index contributed by atoms with van der Waals surface area (Å²) in [5.74, 6) is 0. The summed E-state index contributed by atoms with van der Waals surface area (Å²) >= 11 is 3.25. The monoisotopic (exact) mass is 349 g/mol. The highest BCUT2D eigenvalue weighted by Crippen LogP contribution is 2.28. The maximum Gasteiger partial charge on any atom is 0.244 e. The molecule has 0 aliphatic carbocycles. The molecule has 7 heteroatoms. The minimum Gasteiger partial charge on any atom is -0.392 e. The second-order valence-electron chi connectivity index (χ2n) is 4.46. The van der Waals surface area contributed by atoms with Crippen LogP contribution in [0, 0.1) is 0 Å². The van der Waals surface area contributed by atoms with Crippen LogP contribution in [0.25, 0.3) is 0 Å². The lowest BCUT2D eigenvalue weighted by molar-refractivity contribution is 0.181. The van der Waals surface area contributed by atoms with Gasteiger partial charge in [-0.05, 0) is 40.0 Å². The molecule has 0 radical (unpaired) electrons. The van der Waals surface area contributed by atoms with Crippen molar-refractivity contribution in [1.82, 2.24) is 4.31 Å². The highest BCUT2D eigenvalue weighted by Gasteiger charge is 2.31. The van der Waals surface area contributed by atoms with Gasteiger partial charge in [0.1, 0.15) is 0 Å². The van der Waals surface area contributed by atoms with Gasteiger partial charge in [0, 0.05) is 18.1 Å². The van der Waals surface area contributed by atoms with Crippen LogP contribution in [0.2, 0.25) is 0 Å². The first-order valence-corrected chi connectivity index (χ1v) is 8.15. The van der Waals surface area contributed by atoms with Crippen LogP contribution >= 0.6 is 15.9 Å². The summed E-state index contributed by atoms with van der Waals surface area (Å²) in [5, 5.41) is 9.13. The fourth-order valence-corrected chi connectivity index (χ4v) is 4.35. The minimum absolute atomic E-state index is 0.130. The van der Waals surface area contributed by atoms with Gasteiger partial charge < -0.3 is 9.84 Å². The molecular weight excluding hydrogens is 334 g/mol. The van der Waals surface area contributed by atoms with Gasteiger partial charge in [0.25, 0.3) is 0 Å². The number of hydrogen-bond donors (Lipinski definition) is 1. The molecule has 1 atom stereocenters. The van der Waals surface area contributed by atoms with Gasteiger partial charge in [-0.1, -0.05) is 6.07 Å². The molecular formula is C12H16BrNO4S. The topological polar surface area (TPSA) is 66.8 Å². The molecule has 1 aromatic carbocycles. The first-order valence-electron chi connectivity index (χ1n) is 5.92. The molecule has 1 aliphatic rings. The summed E-state index contributed by atoms with van der Waals surface area (Å²) in [7, 11) is -2.03. The summed E-state index contributed by atoms with van der Waals surface area (Å²) in [5.41, 5.74) is 0.567. The van der Waals surface area contributed by atoms with E-state index in [1.165, 1.54) is 10.4 Å². The SMILES string of the molecule is CN(C1CCOC1)S(=O)(=O)c1cc(CO)ccc1Br. The number of aliphatic hydroxyl groups excluding tert-OH is 1. The molecule has 1 unspecified atom stereocenters. The van der Waals surface area contributed by atoms with E-state index in [4.69, 9.17) is 9.84 Å². The van der Waals surface area contributed by atoms with E-state index in [2.05, 4.69) is 15.9 Å². The zero-order chi connectivity index (χ0) is 14.0. The maximum absolute atomic E-state index is 12.6. The molecule has 0 amide bonds. The van der Waals surface area contributed by atoms with Crippen LogP contribution in [-0.4, -0.2) is 44.1 Å². The third-order valence-corrected chi connectivity index (χ3v) is 6.16. The standard InChI is InChI=1S/C12H16BrNO4S/c1-14(10-4-5-18-8-10)19(16,17)12-6-9(7-15)2-3-11(12)13/h2-3,6,10,15H,4-5,7-8H2,1H3. The summed E-state index contributed by atoms with van der Waals surface area (Å²) < 4.78 is 32.2. The Morgan fingerprint density at radius 2 is 2.26 bits per heavy atom. The molecule has 2 rings (SSSR count). The van der Waals surface area contributed by atoms with Gasteiger partial charge in [-0.25, -0.2) is 8.42 Å². The molecule has 1 heterocycles. The van der Waals surface area contributed by atoms with Crippen molar-refractivity contribution >= 4 is 26.0 Å². The van der Waals surface area contributed by atoms with Crippen LogP contribution in [0.5, 0.6) is 0 Å². The average molecular weight is 350 g/mol. The van der Waals surface area contributed by atoms with Crippen LogP contribution in [0.1, 0.15) is 12.0 Å². The Morgan fingerprint density at radius 3 is 2.84 bits per heavy atom. The zero-order valence-electron chi connectivity index (χ0n) is 10.5. The first-order chi connectivity index (χ1) is 8.96. The zero-order valence-corrected chi connectivity index (χ0v) is 12.9. The third-order valence-electron chi connectivity index (χ3n) is 3.26. The summed E-state index contributed by atoms with van der Waals surface area (Å²) in [6.45, 7) is 0.821. The Kier molecular flexibility index (Phi) is 4.62. The lowest BCUT2D eigenvalue weighted by atomic mass is 10.2. The predicted molar refractivity (Wildman–Crippen MR) is 74.2 cm³/mol. The smallest absolute Gasteiger partial charge is 0.244 e. The maximum atomic E-state index is 12.6. The largest absolute Gasteiger partial charge is 0.392 e. The Bertz CT molecular complexity index is 555. The number of halogens is 1. The van der Waals surface area contributed by atoms with Crippen molar-refractivity contribution in [2.75, 3.05) is 20.3 Å².